The molecule has 0 aliphatic rings. The van der Waals surface area contributed by atoms with Crippen LogP contribution in [0.5, 0.6) is 11.5 Å². The number of ether oxygens (including phenoxy) is 4. The number of unbranched alkanes of at least 4 members (excludes halogenated alkanes) is 1. The third-order valence-corrected chi connectivity index (χ3v) is 4.24. The molecule has 29 heavy (non-hydrogen) atoms. The van der Waals surface area contributed by atoms with Crippen LogP contribution in [0.3, 0.4) is 0 Å². The molecular formula is C24H30O5. The van der Waals surface area contributed by atoms with Gasteiger partial charge < -0.3 is 18.9 Å². The number of carbonyl (C=O) groups is 1. The highest BCUT2D eigenvalue weighted by atomic mass is 16.5. The number of rotatable bonds is 12. The van der Waals surface area contributed by atoms with E-state index in [4.69, 9.17) is 18.9 Å². The van der Waals surface area contributed by atoms with Gasteiger partial charge in [-0.15, -0.1) is 0 Å². The maximum absolute atomic E-state index is 11.6. The summed E-state index contributed by atoms with van der Waals surface area (Å²) in [5.41, 5.74) is 2.87. The van der Waals surface area contributed by atoms with Gasteiger partial charge in [0.2, 0.25) is 0 Å². The fourth-order valence-corrected chi connectivity index (χ4v) is 2.70. The topological polar surface area (TPSA) is 54.0 Å². The van der Waals surface area contributed by atoms with Crippen LogP contribution in [0, 0.1) is 0 Å². The lowest BCUT2D eigenvalue weighted by molar-refractivity contribution is -0.137. The van der Waals surface area contributed by atoms with Crippen molar-refractivity contribution in [1.82, 2.24) is 0 Å². The van der Waals surface area contributed by atoms with Crippen molar-refractivity contribution < 1.29 is 23.7 Å². The highest BCUT2D eigenvalue weighted by Gasteiger charge is 2.06. The fourth-order valence-electron chi connectivity index (χ4n) is 2.70. The molecule has 5 heteroatoms. The van der Waals surface area contributed by atoms with Crippen LogP contribution in [0.1, 0.15) is 32.3 Å². The molecule has 0 amide bonds. The van der Waals surface area contributed by atoms with Crippen molar-refractivity contribution in [3.8, 4) is 22.6 Å². The number of hydrogen-bond donors (Lipinski definition) is 0. The van der Waals surface area contributed by atoms with E-state index in [-0.39, 0.29) is 5.97 Å². The van der Waals surface area contributed by atoms with Gasteiger partial charge >= 0.3 is 5.97 Å². The Morgan fingerprint density at radius 1 is 0.966 bits per heavy atom. The van der Waals surface area contributed by atoms with Gasteiger partial charge in [-0.05, 0) is 54.8 Å². The van der Waals surface area contributed by atoms with E-state index in [0.717, 1.165) is 41.9 Å². The number of hydrogen-bond acceptors (Lipinski definition) is 5. The average molecular weight is 398 g/mol. The first-order chi connectivity index (χ1) is 14.2. The van der Waals surface area contributed by atoms with E-state index in [9.17, 15) is 4.79 Å². The van der Waals surface area contributed by atoms with Gasteiger partial charge in [0.25, 0.3) is 0 Å². The molecule has 0 radical (unpaired) electrons. The Hall–Kier alpha value is -2.79. The van der Waals surface area contributed by atoms with Gasteiger partial charge in [-0.3, -0.25) is 0 Å². The molecule has 0 fully saturated rings. The zero-order valence-electron chi connectivity index (χ0n) is 17.5. The van der Waals surface area contributed by atoms with E-state index in [1.165, 1.54) is 6.08 Å². The Morgan fingerprint density at radius 2 is 1.72 bits per heavy atom. The Labute approximate surface area is 173 Å². The number of carbonyl (C=O) groups excluding carboxylic acids is 1. The largest absolute Gasteiger partial charge is 0.496 e. The molecule has 0 heterocycles. The van der Waals surface area contributed by atoms with Crippen LogP contribution in [0.25, 0.3) is 17.2 Å². The van der Waals surface area contributed by atoms with Gasteiger partial charge in [0.1, 0.15) is 18.1 Å². The molecule has 0 spiro atoms. The second kappa shape index (κ2) is 12.6. The Morgan fingerprint density at radius 3 is 2.41 bits per heavy atom. The quantitative estimate of drug-likeness (QED) is 0.282. The summed E-state index contributed by atoms with van der Waals surface area (Å²) >= 11 is 0. The standard InChI is InChI=1S/C24H30O5/c1-4-6-15-27-16-17-29-22-11-7-19(8-12-22)20-9-13-23(26-3)21(18-20)10-14-24(25)28-5-2/h7-14,18H,4-6,15-17H2,1-3H3/b14-10+. The molecule has 0 aliphatic carbocycles. The molecule has 0 aromatic heterocycles. The van der Waals surface area contributed by atoms with Crippen LogP contribution < -0.4 is 9.47 Å². The first kappa shape index (κ1) is 22.5. The van der Waals surface area contributed by atoms with Gasteiger partial charge in [0.15, 0.2) is 0 Å². The van der Waals surface area contributed by atoms with Gasteiger partial charge in [-0.1, -0.05) is 31.5 Å². The lowest BCUT2D eigenvalue weighted by atomic mass is 10.0. The monoisotopic (exact) mass is 398 g/mol. The fraction of sp³-hybridized carbons (Fsp3) is 0.375. The minimum Gasteiger partial charge on any atom is -0.496 e. The first-order valence-electron chi connectivity index (χ1n) is 10.0. The number of methoxy groups -OCH3 is 1. The van der Waals surface area contributed by atoms with E-state index < -0.39 is 0 Å². The molecule has 0 N–H and O–H groups in total. The lowest BCUT2D eigenvalue weighted by Crippen LogP contribution is -2.07. The van der Waals surface area contributed by atoms with Crippen molar-refractivity contribution in [2.45, 2.75) is 26.7 Å². The molecule has 0 aliphatic heterocycles. The lowest BCUT2D eigenvalue weighted by Gasteiger charge is -2.10. The van der Waals surface area contributed by atoms with Crippen LogP contribution in [0.2, 0.25) is 0 Å². The van der Waals surface area contributed by atoms with Crippen LogP contribution in [-0.2, 0) is 14.3 Å². The maximum Gasteiger partial charge on any atom is 0.330 e. The molecule has 156 valence electrons. The molecule has 2 rings (SSSR count). The summed E-state index contributed by atoms with van der Waals surface area (Å²) in [7, 11) is 1.61. The predicted molar refractivity (Wildman–Crippen MR) is 115 cm³/mol. The minimum absolute atomic E-state index is 0.347. The van der Waals surface area contributed by atoms with Crippen LogP contribution >= 0.6 is 0 Å². The van der Waals surface area contributed by atoms with Crippen LogP contribution in [-0.4, -0.2) is 39.5 Å². The Kier molecular flexibility index (Phi) is 9.80. The third-order valence-electron chi connectivity index (χ3n) is 4.24. The zero-order valence-corrected chi connectivity index (χ0v) is 17.5. The number of esters is 1. The van der Waals surface area contributed by atoms with Crippen molar-refractivity contribution in [2.24, 2.45) is 0 Å². The summed E-state index contributed by atoms with van der Waals surface area (Å²) in [6, 6.07) is 13.8. The van der Waals surface area contributed by atoms with Gasteiger partial charge in [-0.2, -0.15) is 0 Å². The summed E-state index contributed by atoms with van der Waals surface area (Å²) in [5.74, 6) is 1.13. The van der Waals surface area contributed by atoms with Crippen molar-refractivity contribution in [2.75, 3.05) is 33.5 Å². The summed E-state index contributed by atoms with van der Waals surface area (Å²) in [5, 5.41) is 0. The molecule has 0 saturated heterocycles. The minimum atomic E-state index is -0.375. The van der Waals surface area contributed by atoms with Crippen molar-refractivity contribution >= 4 is 12.0 Å². The van der Waals surface area contributed by atoms with Crippen molar-refractivity contribution in [3.63, 3.8) is 0 Å². The van der Waals surface area contributed by atoms with Gasteiger partial charge in [0.05, 0.1) is 20.3 Å². The van der Waals surface area contributed by atoms with Crippen molar-refractivity contribution in [1.29, 1.82) is 0 Å². The van der Waals surface area contributed by atoms with Gasteiger partial charge in [-0.25, -0.2) is 4.79 Å². The Balaban J connectivity index is 2.02. The predicted octanol–water partition coefficient (Wildman–Crippen LogP) is 5.13. The van der Waals surface area contributed by atoms with E-state index in [2.05, 4.69) is 6.92 Å². The average Bonchev–Trinajstić information content (AvgIpc) is 2.75. The molecular weight excluding hydrogens is 368 g/mol. The van der Waals surface area contributed by atoms with E-state index in [0.29, 0.717) is 25.6 Å². The van der Waals surface area contributed by atoms with Gasteiger partial charge in [0, 0.05) is 18.2 Å². The summed E-state index contributed by atoms with van der Waals surface area (Å²) in [4.78, 5) is 11.6. The second-order valence-corrected chi connectivity index (χ2v) is 6.38. The number of benzene rings is 2. The summed E-state index contributed by atoms with van der Waals surface area (Å²) in [6.07, 6.45) is 5.32. The molecule has 2 aromatic rings. The molecule has 0 saturated carbocycles. The first-order valence-corrected chi connectivity index (χ1v) is 10.0. The van der Waals surface area contributed by atoms with Crippen LogP contribution in [0.4, 0.5) is 0 Å². The zero-order chi connectivity index (χ0) is 20.9. The highest BCUT2D eigenvalue weighted by molar-refractivity contribution is 5.88. The van der Waals surface area contributed by atoms with E-state index in [1.54, 1.807) is 20.1 Å². The van der Waals surface area contributed by atoms with E-state index in [1.807, 2.05) is 42.5 Å². The smallest absolute Gasteiger partial charge is 0.330 e. The molecule has 0 bridgehead atoms. The molecule has 0 atom stereocenters. The summed E-state index contributed by atoms with van der Waals surface area (Å²) < 4.78 is 21.5. The van der Waals surface area contributed by atoms with E-state index >= 15 is 0 Å². The third kappa shape index (κ3) is 7.62. The highest BCUT2D eigenvalue weighted by Crippen LogP contribution is 2.29. The normalized spacial score (nSPS) is 10.9. The second-order valence-electron chi connectivity index (χ2n) is 6.38. The van der Waals surface area contributed by atoms with Crippen molar-refractivity contribution in [3.05, 3.63) is 54.1 Å². The van der Waals surface area contributed by atoms with Crippen LogP contribution in [0.15, 0.2) is 48.5 Å². The molecule has 2 aromatic carbocycles. The Bertz CT molecular complexity index is 780. The summed E-state index contributed by atoms with van der Waals surface area (Å²) in [6.45, 7) is 6.18. The maximum atomic E-state index is 11.6. The molecule has 0 unspecified atom stereocenters. The SMILES string of the molecule is CCCCOCCOc1ccc(-c2ccc(OC)c(/C=C/C(=O)OCC)c2)cc1. The molecule has 5 nitrogen and oxygen atoms in total.